The monoisotopic (exact) mass is 320 g/mol. The van der Waals surface area contributed by atoms with Crippen molar-refractivity contribution < 1.29 is 13.2 Å². The molecule has 0 spiro atoms. The van der Waals surface area contributed by atoms with Gasteiger partial charge in [0.15, 0.2) is 0 Å². The third-order valence-electron chi connectivity index (χ3n) is 2.45. The van der Waals surface area contributed by atoms with Crippen molar-refractivity contribution in [2.75, 3.05) is 0 Å². The van der Waals surface area contributed by atoms with Crippen LogP contribution in [0.15, 0.2) is 33.5 Å². The maximum atomic E-state index is 12.4. The zero-order valence-corrected chi connectivity index (χ0v) is 10.8. The van der Waals surface area contributed by atoms with Crippen molar-refractivity contribution in [3.8, 4) is 5.69 Å². The van der Waals surface area contributed by atoms with Crippen LogP contribution < -0.4 is 5.56 Å². The maximum absolute atomic E-state index is 12.4. The minimum Gasteiger partial charge on any atom is -0.294 e. The number of halogens is 4. The fourth-order valence-electron chi connectivity index (χ4n) is 1.51. The molecule has 0 aliphatic rings. The molecular formula is C11H8BrF3N2O. The number of hydrogen-bond donors (Lipinski definition) is 1. The molecule has 2 aromatic rings. The van der Waals surface area contributed by atoms with Gasteiger partial charge in [0, 0.05) is 5.69 Å². The van der Waals surface area contributed by atoms with Crippen LogP contribution in [-0.2, 0) is 6.18 Å². The Kier molecular flexibility index (Phi) is 3.10. The van der Waals surface area contributed by atoms with Gasteiger partial charge in [-0.2, -0.15) is 13.2 Å². The minimum atomic E-state index is -4.38. The molecule has 96 valence electrons. The van der Waals surface area contributed by atoms with Crippen LogP contribution in [-0.4, -0.2) is 9.78 Å². The summed E-state index contributed by atoms with van der Waals surface area (Å²) in [6, 6.07) is 4.36. The second-order valence-corrected chi connectivity index (χ2v) is 4.53. The molecule has 0 aliphatic heterocycles. The summed E-state index contributed by atoms with van der Waals surface area (Å²) in [5.41, 5.74) is -0.129. The summed E-state index contributed by atoms with van der Waals surface area (Å²) in [5.74, 6) is 0. The average Bonchev–Trinajstić information content (AvgIpc) is 2.56. The molecule has 7 heteroatoms. The van der Waals surface area contributed by atoms with Gasteiger partial charge < -0.3 is 0 Å². The van der Waals surface area contributed by atoms with E-state index in [-0.39, 0.29) is 5.56 Å². The fourth-order valence-corrected chi connectivity index (χ4v) is 1.77. The van der Waals surface area contributed by atoms with Crippen molar-refractivity contribution >= 4 is 15.9 Å². The first-order valence-electron chi connectivity index (χ1n) is 4.95. The Morgan fingerprint density at radius 3 is 2.17 bits per heavy atom. The van der Waals surface area contributed by atoms with Crippen LogP contribution in [0.1, 0.15) is 11.3 Å². The second-order valence-electron chi connectivity index (χ2n) is 3.74. The number of aryl methyl sites for hydroxylation is 1. The van der Waals surface area contributed by atoms with Crippen LogP contribution in [0.2, 0.25) is 0 Å². The highest BCUT2D eigenvalue weighted by Gasteiger charge is 2.30. The highest BCUT2D eigenvalue weighted by molar-refractivity contribution is 9.10. The molecule has 0 aliphatic carbocycles. The molecule has 1 aromatic carbocycles. The molecule has 0 unspecified atom stereocenters. The van der Waals surface area contributed by atoms with Crippen molar-refractivity contribution in [1.29, 1.82) is 0 Å². The largest absolute Gasteiger partial charge is 0.416 e. The van der Waals surface area contributed by atoms with Gasteiger partial charge in [-0.05, 0) is 47.1 Å². The number of alkyl halides is 3. The van der Waals surface area contributed by atoms with Gasteiger partial charge in [0.05, 0.1) is 11.3 Å². The zero-order chi connectivity index (χ0) is 13.5. The van der Waals surface area contributed by atoms with Crippen molar-refractivity contribution in [3.63, 3.8) is 0 Å². The molecule has 0 fully saturated rings. The molecule has 3 nitrogen and oxygen atoms in total. The van der Waals surface area contributed by atoms with Gasteiger partial charge in [-0.15, -0.1) is 0 Å². The number of nitrogens with one attached hydrogen (secondary N) is 1. The molecule has 0 saturated heterocycles. The predicted octanol–water partition coefficient (Wildman–Crippen LogP) is 3.26. The molecule has 1 aromatic heterocycles. The number of aromatic amines is 1. The van der Waals surface area contributed by atoms with E-state index in [1.807, 2.05) is 0 Å². The maximum Gasteiger partial charge on any atom is 0.416 e. The quantitative estimate of drug-likeness (QED) is 0.860. The zero-order valence-electron chi connectivity index (χ0n) is 9.18. The summed E-state index contributed by atoms with van der Waals surface area (Å²) in [5, 5.41) is 2.76. The van der Waals surface area contributed by atoms with Crippen LogP contribution in [0.5, 0.6) is 0 Å². The van der Waals surface area contributed by atoms with Gasteiger partial charge in [-0.3, -0.25) is 9.89 Å². The van der Waals surface area contributed by atoms with E-state index < -0.39 is 11.7 Å². The van der Waals surface area contributed by atoms with Crippen LogP contribution in [0.4, 0.5) is 13.2 Å². The smallest absolute Gasteiger partial charge is 0.294 e. The third kappa shape index (κ3) is 2.22. The van der Waals surface area contributed by atoms with E-state index >= 15 is 0 Å². The molecule has 0 saturated carbocycles. The summed E-state index contributed by atoms with van der Waals surface area (Å²) in [6.07, 6.45) is -4.38. The Labute approximate surface area is 108 Å². The van der Waals surface area contributed by atoms with E-state index in [9.17, 15) is 18.0 Å². The van der Waals surface area contributed by atoms with Gasteiger partial charge >= 0.3 is 6.18 Å². The summed E-state index contributed by atoms with van der Waals surface area (Å²) >= 11 is 3.10. The number of benzene rings is 1. The van der Waals surface area contributed by atoms with Gasteiger partial charge in [0.1, 0.15) is 4.47 Å². The van der Waals surface area contributed by atoms with Gasteiger partial charge in [-0.1, -0.05) is 0 Å². The molecule has 18 heavy (non-hydrogen) atoms. The van der Waals surface area contributed by atoms with Crippen LogP contribution in [0.25, 0.3) is 5.69 Å². The normalized spacial score (nSPS) is 11.8. The standard InChI is InChI=1S/C11H8BrF3N2O/c1-6-9(12)10(18)17(16-6)8-4-2-7(3-5-8)11(13,14)15/h2-5,16H,1H3. The fraction of sp³-hybridized carbons (Fsp3) is 0.182. The molecule has 0 radical (unpaired) electrons. The predicted molar refractivity (Wildman–Crippen MR) is 63.8 cm³/mol. The molecule has 0 bridgehead atoms. The number of aromatic nitrogens is 2. The van der Waals surface area contributed by atoms with E-state index in [2.05, 4.69) is 21.0 Å². The summed E-state index contributed by atoms with van der Waals surface area (Å²) < 4.78 is 38.7. The number of nitrogens with zero attached hydrogens (tertiary/aromatic N) is 1. The lowest BCUT2D eigenvalue weighted by Gasteiger charge is -2.07. The lowest BCUT2D eigenvalue weighted by atomic mass is 10.2. The highest BCUT2D eigenvalue weighted by atomic mass is 79.9. The summed E-state index contributed by atoms with van der Waals surface area (Å²) in [7, 11) is 0. The lowest BCUT2D eigenvalue weighted by molar-refractivity contribution is -0.137. The summed E-state index contributed by atoms with van der Waals surface area (Å²) in [6.45, 7) is 1.69. The molecule has 2 rings (SSSR count). The molecule has 0 amide bonds. The van der Waals surface area contributed by atoms with Crippen molar-refractivity contribution in [1.82, 2.24) is 9.78 Å². The number of rotatable bonds is 1. The Hall–Kier alpha value is -1.50. The first kappa shape index (κ1) is 12.9. The van der Waals surface area contributed by atoms with Crippen molar-refractivity contribution in [2.45, 2.75) is 13.1 Å². The first-order valence-corrected chi connectivity index (χ1v) is 5.75. The number of H-pyrrole nitrogens is 1. The van der Waals surface area contributed by atoms with Gasteiger partial charge in [0.25, 0.3) is 5.56 Å². The Bertz CT molecular complexity index is 625. The minimum absolute atomic E-state index is 0.341. The molecule has 0 atom stereocenters. The van der Waals surface area contributed by atoms with Crippen LogP contribution in [0.3, 0.4) is 0 Å². The van der Waals surface area contributed by atoms with E-state index in [0.717, 1.165) is 12.1 Å². The molecular weight excluding hydrogens is 313 g/mol. The van der Waals surface area contributed by atoms with E-state index in [0.29, 0.717) is 15.9 Å². The van der Waals surface area contributed by atoms with E-state index in [1.54, 1.807) is 6.92 Å². The SMILES string of the molecule is Cc1[nH]n(-c2ccc(C(F)(F)F)cc2)c(=O)c1Br. The lowest BCUT2D eigenvalue weighted by Crippen LogP contribution is -2.15. The van der Waals surface area contributed by atoms with E-state index in [4.69, 9.17) is 0 Å². The van der Waals surface area contributed by atoms with Crippen LogP contribution in [0, 0.1) is 6.92 Å². The number of hydrogen-bond acceptors (Lipinski definition) is 1. The Balaban J connectivity index is 2.47. The topological polar surface area (TPSA) is 37.8 Å². The van der Waals surface area contributed by atoms with Gasteiger partial charge in [-0.25, -0.2) is 4.68 Å². The van der Waals surface area contributed by atoms with Crippen molar-refractivity contribution in [2.24, 2.45) is 0 Å². The Morgan fingerprint density at radius 1 is 1.22 bits per heavy atom. The van der Waals surface area contributed by atoms with Crippen molar-refractivity contribution in [3.05, 3.63) is 50.3 Å². The third-order valence-corrected chi connectivity index (χ3v) is 3.39. The molecule has 1 heterocycles. The van der Waals surface area contributed by atoms with E-state index in [1.165, 1.54) is 16.8 Å². The first-order chi connectivity index (χ1) is 8.30. The highest BCUT2D eigenvalue weighted by Crippen LogP contribution is 2.29. The molecule has 1 N–H and O–H groups in total. The average molecular weight is 321 g/mol. The summed E-state index contributed by atoms with van der Waals surface area (Å²) in [4.78, 5) is 11.7. The van der Waals surface area contributed by atoms with Gasteiger partial charge in [0.2, 0.25) is 0 Å². The Morgan fingerprint density at radius 2 is 1.78 bits per heavy atom. The van der Waals surface area contributed by atoms with Crippen LogP contribution >= 0.6 is 15.9 Å². The second kappa shape index (κ2) is 4.31.